The summed E-state index contributed by atoms with van der Waals surface area (Å²) < 4.78 is 2.74. The number of aliphatic hydroxyl groups is 1. The van der Waals surface area contributed by atoms with Crippen LogP contribution in [0.4, 0.5) is 0 Å². The molecule has 0 aliphatic rings. The highest BCUT2D eigenvalue weighted by Gasteiger charge is 2.06. The standard InChI is InChI=1S/C9H6BrN3.C2H6O/c1-13-5-6(3-11)8-2-7(10)4-12-9(8)13;1-2-3/h2,4-5H,1H3;3H,2H2,1H3. The van der Waals surface area contributed by atoms with Gasteiger partial charge >= 0.3 is 0 Å². The van der Waals surface area contributed by atoms with Gasteiger partial charge in [-0.3, -0.25) is 0 Å². The molecule has 0 unspecified atom stereocenters. The average Bonchev–Trinajstić information content (AvgIpc) is 2.56. The molecular weight excluding hydrogens is 270 g/mol. The van der Waals surface area contributed by atoms with Gasteiger partial charge in [0.1, 0.15) is 11.7 Å². The lowest BCUT2D eigenvalue weighted by molar-refractivity contribution is 0.318. The fourth-order valence-corrected chi connectivity index (χ4v) is 1.66. The van der Waals surface area contributed by atoms with Gasteiger partial charge in [0, 0.05) is 35.9 Å². The topological polar surface area (TPSA) is 61.8 Å². The molecule has 4 nitrogen and oxygen atoms in total. The molecule has 2 aromatic rings. The van der Waals surface area contributed by atoms with Crippen molar-refractivity contribution < 1.29 is 5.11 Å². The van der Waals surface area contributed by atoms with Crippen LogP contribution in [0.3, 0.4) is 0 Å². The van der Waals surface area contributed by atoms with Gasteiger partial charge in [-0.2, -0.15) is 5.26 Å². The summed E-state index contributed by atoms with van der Waals surface area (Å²) in [7, 11) is 1.88. The maximum Gasteiger partial charge on any atom is 0.141 e. The molecule has 84 valence electrons. The van der Waals surface area contributed by atoms with Gasteiger partial charge in [0.05, 0.1) is 5.56 Å². The molecule has 1 N–H and O–H groups in total. The predicted octanol–water partition coefficient (Wildman–Crippen LogP) is 2.21. The Morgan fingerprint density at radius 1 is 1.62 bits per heavy atom. The van der Waals surface area contributed by atoms with Gasteiger partial charge in [-0.15, -0.1) is 0 Å². The molecule has 0 bridgehead atoms. The van der Waals surface area contributed by atoms with Crippen LogP contribution in [0.1, 0.15) is 12.5 Å². The number of fused-ring (bicyclic) bond motifs is 1. The first-order chi connectivity index (χ1) is 7.63. The maximum absolute atomic E-state index is 8.83. The highest BCUT2D eigenvalue weighted by molar-refractivity contribution is 9.10. The van der Waals surface area contributed by atoms with Crippen LogP contribution in [0.15, 0.2) is 22.9 Å². The molecule has 0 saturated heterocycles. The van der Waals surface area contributed by atoms with Crippen LogP contribution in [0.25, 0.3) is 11.0 Å². The molecule has 2 aromatic heterocycles. The van der Waals surface area contributed by atoms with Crippen molar-refractivity contribution in [1.29, 1.82) is 5.26 Å². The molecule has 0 spiro atoms. The largest absolute Gasteiger partial charge is 0.397 e. The summed E-state index contributed by atoms with van der Waals surface area (Å²) in [4.78, 5) is 4.21. The molecule has 0 amide bonds. The van der Waals surface area contributed by atoms with E-state index >= 15 is 0 Å². The lowest BCUT2D eigenvalue weighted by Gasteiger charge is -1.93. The van der Waals surface area contributed by atoms with Crippen LogP contribution in [0.2, 0.25) is 0 Å². The number of aromatic nitrogens is 2. The van der Waals surface area contributed by atoms with Crippen LogP contribution in [0, 0.1) is 11.3 Å². The van der Waals surface area contributed by atoms with Gasteiger partial charge in [0.25, 0.3) is 0 Å². The number of hydrogen-bond acceptors (Lipinski definition) is 3. The average molecular weight is 282 g/mol. The molecular formula is C11H12BrN3O. The third kappa shape index (κ3) is 2.60. The Labute approximate surface area is 102 Å². The molecule has 2 heterocycles. The van der Waals surface area contributed by atoms with Crippen LogP contribution >= 0.6 is 15.9 Å². The van der Waals surface area contributed by atoms with E-state index in [0.29, 0.717) is 5.56 Å². The third-order valence-electron chi connectivity index (χ3n) is 1.90. The molecule has 2 rings (SSSR count). The fourth-order valence-electron chi connectivity index (χ4n) is 1.32. The van der Waals surface area contributed by atoms with Crippen LogP contribution < -0.4 is 0 Å². The third-order valence-corrected chi connectivity index (χ3v) is 2.33. The number of pyridine rings is 1. The number of aliphatic hydroxyl groups excluding tert-OH is 1. The summed E-state index contributed by atoms with van der Waals surface area (Å²) in [6.45, 7) is 1.93. The Kier molecular flexibility index (Phi) is 4.47. The van der Waals surface area contributed by atoms with Crippen molar-refractivity contribution in [3.63, 3.8) is 0 Å². The van der Waals surface area contributed by atoms with Gasteiger partial charge in [-0.05, 0) is 28.9 Å². The summed E-state index contributed by atoms with van der Waals surface area (Å²) in [6, 6.07) is 4.04. The first-order valence-corrected chi connectivity index (χ1v) is 5.54. The van der Waals surface area contributed by atoms with Gasteiger partial charge in [0.15, 0.2) is 0 Å². The van der Waals surface area contributed by atoms with E-state index in [4.69, 9.17) is 10.4 Å². The Hall–Kier alpha value is -1.38. The maximum atomic E-state index is 8.83. The summed E-state index contributed by atoms with van der Waals surface area (Å²) in [6.07, 6.45) is 3.51. The number of hydrogen-bond donors (Lipinski definition) is 1. The summed E-state index contributed by atoms with van der Waals surface area (Å²) >= 11 is 3.32. The highest BCUT2D eigenvalue weighted by atomic mass is 79.9. The second kappa shape index (κ2) is 5.64. The molecule has 0 radical (unpaired) electrons. The van der Waals surface area contributed by atoms with E-state index in [0.717, 1.165) is 15.5 Å². The molecule has 0 aromatic carbocycles. The molecule has 0 aliphatic carbocycles. The van der Waals surface area contributed by atoms with Gasteiger partial charge in [-0.1, -0.05) is 0 Å². The van der Waals surface area contributed by atoms with E-state index < -0.39 is 0 Å². The Balaban J connectivity index is 0.000000386. The number of aryl methyl sites for hydroxylation is 1. The van der Waals surface area contributed by atoms with Crippen molar-refractivity contribution in [2.75, 3.05) is 6.61 Å². The quantitative estimate of drug-likeness (QED) is 0.805. The van der Waals surface area contributed by atoms with E-state index in [1.165, 1.54) is 0 Å². The fraction of sp³-hybridized carbons (Fsp3) is 0.273. The van der Waals surface area contributed by atoms with Crippen molar-refractivity contribution in [1.82, 2.24) is 9.55 Å². The smallest absolute Gasteiger partial charge is 0.141 e. The van der Waals surface area contributed by atoms with E-state index in [2.05, 4.69) is 27.0 Å². The first-order valence-electron chi connectivity index (χ1n) is 4.75. The first kappa shape index (κ1) is 12.7. The van der Waals surface area contributed by atoms with Crippen LogP contribution in [-0.2, 0) is 7.05 Å². The number of halogens is 1. The van der Waals surface area contributed by atoms with Gasteiger partial charge in [-0.25, -0.2) is 4.98 Å². The van der Waals surface area contributed by atoms with E-state index in [-0.39, 0.29) is 6.61 Å². The van der Waals surface area contributed by atoms with Crippen molar-refractivity contribution in [2.45, 2.75) is 6.92 Å². The van der Waals surface area contributed by atoms with Crippen molar-refractivity contribution in [3.8, 4) is 6.07 Å². The summed E-state index contributed by atoms with van der Waals surface area (Å²) in [5, 5.41) is 17.3. The lowest BCUT2D eigenvalue weighted by Crippen LogP contribution is -1.86. The molecule has 0 aliphatic heterocycles. The van der Waals surface area contributed by atoms with Crippen LogP contribution in [-0.4, -0.2) is 21.3 Å². The highest BCUT2D eigenvalue weighted by Crippen LogP contribution is 2.21. The monoisotopic (exact) mass is 281 g/mol. The normalized spacial score (nSPS) is 9.44. The Morgan fingerprint density at radius 2 is 2.25 bits per heavy atom. The van der Waals surface area contributed by atoms with E-state index in [9.17, 15) is 0 Å². The Morgan fingerprint density at radius 3 is 2.81 bits per heavy atom. The van der Waals surface area contributed by atoms with Crippen molar-refractivity contribution >= 4 is 27.0 Å². The Bertz CT molecular complexity index is 528. The number of nitrogens with zero attached hydrogens (tertiary/aromatic N) is 3. The van der Waals surface area contributed by atoms with Crippen molar-refractivity contribution in [3.05, 3.63) is 28.5 Å². The molecule has 16 heavy (non-hydrogen) atoms. The van der Waals surface area contributed by atoms with Crippen LogP contribution in [0.5, 0.6) is 0 Å². The number of rotatable bonds is 0. The zero-order chi connectivity index (χ0) is 12.1. The molecule has 0 atom stereocenters. The zero-order valence-corrected chi connectivity index (χ0v) is 10.7. The summed E-state index contributed by atoms with van der Waals surface area (Å²) in [5.74, 6) is 0. The molecule has 0 fully saturated rings. The number of nitriles is 1. The van der Waals surface area contributed by atoms with Gasteiger partial charge < -0.3 is 9.67 Å². The lowest BCUT2D eigenvalue weighted by atomic mass is 10.2. The molecule has 5 heteroatoms. The second-order valence-corrected chi connectivity index (χ2v) is 4.02. The summed E-state index contributed by atoms with van der Waals surface area (Å²) in [5.41, 5.74) is 1.49. The minimum absolute atomic E-state index is 0.250. The van der Waals surface area contributed by atoms with Gasteiger partial charge in [0.2, 0.25) is 0 Å². The van der Waals surface area contributed by atoms with E-state index in [1.54, 1.807) is 19.3 Å². The second-order valence-electron chi connectivity index (χ2n) is 3.11. The predicted molar refractivity (Wildman–Crippen MR) is 65.9 cm³/mol. The van der Waals surface area contributed by atoms with Crippen molar-refractivity contribution in [2.24, 2.45) is 7.05 Å². The minimum Gasteiger partial charge on any atom is -0.397 e. The minimum atomic E-state index is 0.250. The zero-order valence-electron chi connectivity index (χ0n) is 9.11. The molecule has 0 saturated carbocycles. The van der Waals surface area contributed by atoms with E-state index in [1.807, 2.05) is 17.7 Å². The SMILES string of the molecule is CCO.Cn1cc(C#N)c2cc(Br)cnc21.